The average molecular weight is 378 g/mol. The summed E-state index contributed by atoms with van der Waals surface area (Å²) in [7, 11) is 0. The van der Waals surface area contributed by atoms with E-state index in [-0.39, 0.29) is 12.2 Å². The molecule has 2 aliphatic heterocycles. The molecule has 0 bridgehead atoms. The van der Waals surface area contributed by atoms with Crippen LogP contribution < -0.4 is 10.1 Å². The van der Waals surface area contributed by atoms with Crippen LogP contribution in [0.25, 0.3) is 0 Å². The summed E-state index contributed by atoms with van der Waals surface area (Å²) >= 11 is 0. The highest BCUT2D eigenvalue weighted by atomic mass is 16.6. The molecule has 9 nitrogen and oxygen atoms in total. The number of hydrogen-bond donors (Lipinski definition) is 3. The summed E-state index contributed by atoms with van der Waals surface area (Å²) in [6.45, 7) is 6.27. The molecular formula is C18H22N2O7. The number of benzene rings is 1. The van der Waals surface area contributed by atoms with E-state index in [9.17, 15) is 24.6 Å². The average Bonchev–Trinajstić information content (AvgIpc) is 2.94. The fraction of sp³-hybridized carbons (Fsp3) is 0.500. The number of anilines is 1. The number of ether oxygens (including phenoxy) is 2. The van der Waals surface area contributed by atoms with Crippen LogP contribution in [0.2, 0.25) is 0 Å². The zero-order valence-electron chi connectivity index (χ0n) is 15.5. The second-order valence-electron chi connectivity index (χ2n) is 7.72. The monoisotopic (exact) mass is 378 g/mol. The Kier molecular flexibility index (Phi) is 4.30. The van der Waals surface area contributed by atoms with Gasteiger partial charge in [-0.1, -0.05) is 0 Å². The normalized spacial score (nSPS) is 26.0. The summed E-state index contributed by atoms with van der Waals surface area (Å²) < 4.78 is 10.4. The number of carbonyl (C=O) groups is 3. The minimum atomic E-state index is -1.66. The van der Waals surface area contributed by atoms with Crippen LogP contribution in [0.4, 0.5) is 10.5 Å². The summed E-state index contributed by atoms with van der Waals surface area (Å²) in [5.41, 5.74) is -1.60. The topological polar surface area (TPSA) is 125 Å². The zero-order chi connectivity index (χ0) is 20.1. The molecule has 146 valence electrons. The molecular weight excluding hydrogens is 356 g/mol. The van der Waals surface area contributed by atoms with Crippen LogP contribution >= 0.6 is 0 Å². The van der Waals surface area contributed by atoms with Crippen molar-refractivity contribution < 1.29 is 34.1 Å². The van der Waals surface area contributed by atoms with Gasteiger partial charge in [0.05, 0.1) is 0 Å². The highest BCUT2D eigenvalue weighted by Gasteiger charge is 2.61. The van der Waals surface area contributed by atoms with E-state index in [2.05, 4.69) is 5.32 Å². The second kappa shape index (κ2) is 6.12. The molecule has 1 amide bonds. The smallest absolute Gasteiger partial charge is 0.412 e. The van der Waals surface area contributed by atoms with Crippen molar-refractivity contribution in [3.8, 4) is 5.75 Å². The summed E-state index contributed by atoms with van der Waals surface area (Å²) in [6, 6.07) is 3.35. The number of likely N-dealkylation sites (tertiary alicyclic amines) is 1. The van der Waals surface area contributed by atoms with Crippen molar-refractivity contribution in [3.05, 3.63) is 23.8 Å². The van der Waals surface area contributed by atoms with E-state index >= 15 is 0 Å². The number of carbonyl (C=O) groups excluding carboxylic acids is 2. The van der Waals surface area contributed by atoms with E-state index in [1.807, 2.05) is 0 Å². The Morgan fingerprint density at radius 3 is 2.52 bits per heavy atom. The third-order valence-corrected chi connectivity index (χ3v) is 4.47. The minimum Gasteiger partial charge on any atom is -0.480 e. The van der Waals surface area contributed by atoms with Gasteiger partial charge in [-0.2, -0.15) is 0 Å². The first-order valence-electron chi connectivity index (χ1n) is 8.48. The molecule has 1 unspecified atom stereocenters. The number of esters is 1. The van der Waals surface area contributed by atoms with Crippen LogP contribution in [-0.2, 0) is 19.9 Å². The van der Waals surface area contributed by atoms with Gasteiger partial charge in [-0.05, 0) is 39.0 Å². The van der Waals surface area contributed by atoms with E-state index in [0.29, 0.717) is 11.3 Å². The molecule has 1 saturated heterocycles. The molecule has 0 radical (unpaired) electrons. The van der Waals surface area contributed by atoms with Gasteiger partial charge in [-0.25, -0.2) is 9.59 Å². The lowest BCUT2D eigenvalue weighted by molar-refractivity contribution is -0.142. The lowest BCUT2D eigenvalue weighted by atomic mass is 9.91. The molecule has 1 aromatic carbocycles. The van der Waals surface area contributed by atoms with Gasteiger partial charge in [0, 0.05) is 24.6 Å². The van der Waals surface area contributed by atoms with Crippen molar-refractivity contribution in [1.29, 1.82) is 0 Å². The molecule has 1 aromatic rings. The summed E-state index contributed by atoms with van der Waals surface area (Å²) in [4.78, 5) is 36.6. The fourth-order valence-electron chi connectivity index (χ4n) is 3.50. The number of fused-ring (bicyclic) bond motifs is 3. The number of nitrogens with one attached hydrogen (secondary N) is 1. The van der Waals surface area contributed by atoms with Crippen molar-refractivity contribution in [1.82, 2.24) is 4.90 Å². The van der Waals surface area contributed by atoms with E-state index in [1.165, 1.54) is 13.0 Å². The van der Waals surface area contributed by atoms with Crippen LogP contribution in [0, 0.1) is 0 Å². The maximum Gasteiger partial charge on any atom is 0.412 e. The van der Waals surface area contributed by atoms with Crippen molar-refractivity contribution in [3.63, 3.8) is 0 Å². The first-order chi connectivity index (χ1) is 12.4. The molecule has 1 fully saturated rings. The van der Waals surface area contributed by atoms with Crippen LogP contribution in [0.1, 0.15) is 39.7 Å². The van der Waals surface area contributed by atoms with Gasteiger partial charge in [-0.15, -0.1) is 0 Å². The Hall–Kier alpha value is -2.81. The molecule has 3 atom stereocenters. The van der Waals surface area contributed by atoms with Gasteiger partial charge in [0.2, 0.25) is 0 Å². The lowest BCUT2D eigenvalue weighted by Gasteiger charge is -2.31. The Morgan fingerprint density at radius 2 is 1.96 bits per heavy atom. The molecule has 2 heterocycles. The number of carboxylic acid groups (broad SMARTS) is 1. The van der Waals surface area contributed by atoms with Gasteiger partial charge in [-0.3, -0.25) is 9.69 Å². The third kappa shape index (κ3) is 3.30. The van der Waals surface area contributed by atoms with Gasteiger partial charge in [0.1, 0.15) is 29.2 Å². The summed E-state index contributed by atoms with van der Waals surface area (Å²) in [5, 5.41) is 23.8. The Morgan fingerprint density at radius 1 is 1.30 bits per heavy atom. The van der Waals surface area contributed by atoms with Crippen LogP contribution in [-0.4, -0.2) is 51.0 Å². The number of rotatable bonds is 2. The van der Waals surface area contributed by atoms with Gasteiger partial charge in [0.15, 0.2) is 0 Å². The van der Waals surface area contributed by atoms with Crippen LogP contribution in [0.15, 0.2) is 18.2 Å². The predicted molar refractivity (Wildman–Crippen MR) is 93.2 cm³/mol. The molecule has 0 saturated carbocycles. The number of hydrogen-bond acceptors (Lipinski definition) is 7. The van der Waals surface area contributed by atoms with E-state index in [0.717, 1.165) is 4.90 Å². The van der Waals surface area contributed by atoms with Gasteiger partial charge < -0.3 is 25.0 Å². The molecule has 0 aliphatic carbocycles. The first-order valence-corrected chi connectivity index (χ1v) is 8.48. The number of carboxylic acids is 1. The Labute approximate surface area is 155 Å². The Bertz CT molecular complexity index is 816. The molecule has 9 heteroatoms. The predicted octanol–water partition coefficient (Wildman–Crippen LogP) is 1.65. The van der Waals surface area contributed by atoms with Crippen molar-refractivity contribution in [2.24, 2.45) is 0 Å². The molecule has 2 aliphatic rings. The van der Waals surface area contributed by atoms with Gasteiger partial charge >= 0.3 is 18.0 Å². The molecule has 0 spiro atoms. The first kappa shape index (κ1) is 19.0. The van der Waals surface area contributed by atoms with Crippen LogP contribution in [0.5, 0.6) is 5.75 Å². The third-order valence-electron chi connectivity index (χ3n) is 4.47. The number of aliphatic carboxylic acids is 1. The maximum absolute atomic E-state index is 12.6. The maximum atomic E-state index is 12.6. The standard InChI is InChI=1S/C18H22N2O7/c1-9(21)26-10-5-6-12-11(7-10)18(25)8-13(14(22)23)20(15(18)19-12)16(24)27-17(2,3)4/h5-7,13,15,19,25H,8H2,1-4H3,(H,22,23)/t13?,15-,18+/m0/s1. The largest absolute Gasteiger partial charge is 0.480 e. The summed E-state index contributed by atoms with van der Waals surface area (Å²) in [6.07, 6.45) is -2.08. The van der Waals surface area contributed by atoms with Crippen LogP contribution in [0.3, 0.4) is 0 Å². The number of amides is 1. The molecule has 0 aromatic heterocycles. The summed E-state index contributed by atoms with van der Waals surface area (Å²) in [5.74, 6) is -1.54. The van der Waals surface area contributed by atoms with Crippen molar-refractivity contribution >= 4 is 23.7 Å². The Balaban J connectivity index is 1.99. The number of nitrogens with zero attached hydrogens (tertiary/aromatic N) is 1. The lowest BCUT2D eigenvalue weighted by Crippen LogP contribution is -2.51. The number of aliphatic hydroxyl groups is 1. The van der Waals surface area contributed by atoms with E-state index in [1.54, 1.807) is 32.9 Å². The van der Waals surface area contributed by atoms with Gasteiger partial charge in [0.25, 0.3) is 0 Å². The zero-order valence-corrected chi connectivity index (χ0v) is 15.5. The molecule has 3 N–H and O–H groups in total. The van der Waals surface area contributed by atoms with Crippen molar-refractivity contribution in [2.75, 3.05) is 5.32 Å². The molecule has 3 rings (SSSR count). The second-order valence-corrected chi connectivity index (χ2v) is 7.72. The molecule has 27 heavy (non-hydrogen) atoms. The minimum absolute atomic E-state index is 0.222. The SMILES string of the molecule is CC(=O)Oc1ccc2c(c1)[C@]1(O)CC(C(=O)O)N(C(=O)OC(C)(C)C)[C@@H]1N2. The van der Waals surface area contributed by atoms with E-state index < -0.39 is 41.4 Å². The quantitative estimate of drug-likeness (QED) is 0.524. The highest BCUT2D eigenvalue weighted by Crippen LogP contribution is 2.50. The fourth-order valence-corrected chi connectivity index (χ4v) is 3.50. The van der Waals surface area contributed by atoms with E-state index in [4.69, 9.17) is 9.47 Å². The highest BCUT2D eigenvalue weighted by molar-refractivity contribution is 5.84. The van der Waals surface area contributed by atoms with Crippen molar-refractivity contribution in [2.45, 2.75) is 57.5 Å².